The molecule has 0 amide bonds. The van der Waals surface area contributed by atoms with E-state index in [1.54, 1.807) is 0 Å². The van der Waals surface area contributed by atoms with Gasteiger partial charge in [-0.05, 0) is 17.7 Å². The quantitative estimate of drug-likeness (QED) is 0.552. The lowest BCUT2D eigenvalue weighted by atomic mass is 9.96. The summed E-state index contributed by atoms with van der Waals surface area (Å²) in [5.74, 6) is 0. The molecule has 0 unspecified atom stereocenters. The van der Waals surface area contributed by atoms with Crippen molar-refractivity contribution in [3.8, 4) is 0 Å². The highest BCUT2D eigenvalue weighted by atomic mass is 127. The normalized spacial score (nSPS) is 19.2. The SMILES string of the molecule is Brc1ccc(COC2(CI)CCOCC2)cc1. The summed E-state index contributed by atoms with van der Waals surface area (Å²) >= 11 is 5.86. The van der Waals surface area contributed by atoms with Gasteiger partial charge < -0.3 is 9.47 Å². The zero-order chi connectivity index (χ0) is 12.1. The average Bonchev–Trinajstić information content (AvgIpc) is 2.39. The molecular formula is C13H16BrIO2. The van der Waals surface area contributed by atoms with E-state index < -0.39 is 0 Å². The second-order valence-electron chi connectivity index (χ2n) is 4.34. The Balaban J connectivity index is 1.93. The summed E-state index contributed by atoms with van der Waals surface area (Å²) in [6.07, 6.45) is 2.01. The van der Waals surface area contributed by atoms with Crippen LogP contribution in [0.3, 0.4) is 0 Å². The van der Waals surface area contributed by atoms with Crippen LogP contribution in [-0.4, -0.2) is 23.2 Å². The van der Waals surface area contributed by atoms with Crippen molar-refractivity contribution in [2.45, 2.75) is 25.0 Å². The lowest BCUT2D eigenvalue weighted by Gasteiger charge is -2.35. The van der Waals surface area contributed by atoms with Crippen molar-refractivity contribution in [2.75, 3.05) is 17.6 Å². The van der Waals surface area contributed by atoms with Crippen LogP contribution in [-0.2, 0) is 16.1 Å². The molecule has 1 saturated heterocycles. The predicted molar refractivity (Wildman–Crippen MR) is 80.6 cm³/mol. The third-order valence-corrected chi connectivity index (χ3v) is 5.02. The fourth-order valence-corrected chi connectivity index (χ4v) is 3.12. The van der Waals surface area contributed by atoms with Gasteiger partial charge in [0.05, 0.1) is 12.2 Å². The molecule has 0 bridgehead atoms. The molecule has 1 aliphatic heterocycles. The molecule has 1 aromatic carbocycles. The van der Waals surface area contributed by atoms with Crippen molar-refractivity contribution in [3.05, 3.63) is 34.3 Å². The van der Waals surface area contributed by atoms with E-state index in [1.807, 2.05) is 0 Å². The van der Waals surface area contributed by atoms with Gasteiger partial charge >= 0.3 is 0 Å². The maximum absolute atomic E-state index is 6.14. The molecule has 0 radical (unpaired) electrons. The summed E-state index contributed by atoms with van der Waals surface area (Å²) in [7, 11) is 0. The Kier molecular flexibility index (Phi) is 5.26. The minimum absolute atomic E-state index is 0.0197. The van der Waals surface area contributed by atoms with Gasteiger partial charge in [-0.2, -0.15) is 0 Å². The molecule has 0 atom stereocenters. The first-order valence-electron chi connectivity index (χ1n) is 5.76. The highest BCUT2D eigenvalue weighted by molar-refractivity contribution is 14.1. The van der Waals surface area contributed by atoms with E-state index in [0.29, 0.717) is 6.61 Å². The lowest BCUT2D eigenvalue weighted by Crippen LogP contribution is -2.40. The standard InChI is InChI=1S/C13H16BrIO2/c14-12-3-1-11(2-4-12)9-17-13(10-15)5-7-16-8-6-13/h1-4H,5-10H2. The molecule has 0 aromatic heterocycles. The van der Waals surface area contributed by atoms with Crippen molar-refractivity contribution in [1.29, 1.82) is 0 Å². The molecule has 17 heavy (non-hydrogen) atoms. The Bertz CT molecular complexity index is 347. The van der Waals surface area contributed by atoms with Gasteiger partial charge in [0.25, 0.3) is 0 Å². The first-order chi connectivity index (χ1) is 8.24. The number of hydrogen-bond donors (Lipinski definition) is 0. The fourth-order valence-electron chi connectivity index (χ4n) is 1.88. The van der Waals surface area contributed by atoms with Crippen molar-refractivity contribution >= 4 is 38.5 Å². The predicted octanol–water partition coefficient (Wildman–Crippen LogP) is 3.95. The topological polar surface area (TPSA) is 18.5 Å². The van der Waals surface area contributed by atoms with E-state index in [1.165, 1.54) is 5.56 Å². The van der Waals surface area contributed by atoms with E-state index in [0.717, 1.165) is 35.0 Å². The molecule has 1 heterocycles. The van der Waals surface area contributed by atoms with Crippen LogP contribution in [0.15, 0.2) is 28.7 Å². The van der Waals surface area contributed by atoms with Gasteiger partial charge in [0.15, 0.2) is 0 Å². The smallest absolute Gasteiger partial charge is 0.0819 e. The molecule has 1 fully saturated rings. The molecule has 4 heteroatoms. The molecule has 1 aliphatic rings. The van der Waals surface area contributed by atoms with Crippen LogP contribution in [0.1, 0.15) is 18.4 Å². The summed E-state index contributed by atoms with van der Waals surface area (Å²) in [6.45, 7) is 2.34. The van der Waals surface area contributed by atoms with Crippen LogP contribution in [0.25, 0.3) is 0 Å². The summed E-state index contributed by atoms with van der Waals surface area (Å²) in [5.41, 5.74) is 1.25. The molecule has 0 aliphatic carbocycles. The first kappa shape index (κ1) is 13.8. The number of alkyl halides is 1. The Hall–Kier alpha value is 0.350. The minimum Gasteiger partial charge on any atom is -0.381 e. The van der Waals surface area contributed by atoms with Gasteiger partial charge in [-0.1, -0.05) is 50.7 Å². The molecule has 0 spiro atoms. The molecule has 2 rings (SSSR count). The molecule has 0 saturated carbocycles. The van der Waals surface area contributed by atoms with Gasteiger partial charge in [-0.25, -0.2) is 0 Å². The average molecular weight is 411 g/mol. The summed E-state index contributed by atoms with van der Waals surface area (Å²) in [5, 5.41) is 0. The second-order valence-corrected chi connectivity index (χ2v) is 6.02. The van der Waals surface area contributed by atoms with E-state index >= 15 is 0 Å². The zero-order valence-electron chi connectivity index (χ0n) is 9.62. The molecule has 0 N–H and O–H groups in total. The number of halogens is 2. The Morgan fingerprint density at radius 1 is 1.24 bits per heavy atom. The highest BCUT2D eigenvalue weighted by Gasteiger charge is 2.32. The van der Waals surface area contributed by atoms with E-state index in [-0.39, 0.29) is 5.60 Å². The molecule has 94 valence electrons. The Morgan fingerprint density at radius 3 is 2.47 bits per heavy atom. The third-order valence-electron chi connectivity index (χ3n) is 3.11. The number of benzene rings is 1. The second kappa shape index (κ2) is 6.50. The fraction of sp³-hybridized carbons (Fsp3) is 0.538. The zero-order valence-corrected chi connectivity index (χ0v) is 13.4. The molecular weight excluding hydrogens is 395 g/mol. The van der Waals surface area contributed by atoms with Gasteiger partial charge in [0.2, 0.25) is 0 Å². The van der Waals surface area contributed by atoms with Crippen LogP contribution >= 0.6 is 38.5 Å². The van der Waals surface area contributed by atoms with Gasteiger partial charge in [-0.3, -0.25) is 0 Å². The molecule has 1 aromatic rings. The largest absolute Gasteiger partial charge is 0.381 e. The summed E-state index contributed by atoms with van der Waals surface area (Å²) in [4.78, 5) is 0. The van der Waals surface area contributed by atoms with Crippen molar-refractivity contribution in [1.82, 2.24) is 0 Å². The monoisotopic (exact) mass is 410 g/mol. The highest BCUT2D eigenvalue weighted by Crippen LogP contribution is 2.28. The first-order valence-corrected chi connectivity index (χ1v) is 8.08. The third kappa shape index (κ3) is 3.91. The number of ether oxygens (including phenoxy) is 2. The van der Waals surface area contributed by atoms with Gasteiger partial charge in [-0.15, -0.1) is 0 Å². The minimum atomic E-state index is 0.0197. The maximum Gasteiger partial charge on any atom is 0.0819 e. The van der Waals surface area contributed by atoms with Crippen molar-refractivity contribution in [3.63, 3.8) is 0 Å². The Labute approximate surface area is 124 Å². The van der Waals surface area contributed by atoms with Crippen molar-refractivity contribution in [2.24, 2.45) is 0 Å². The van der Waals surface area contributed by atoms with E-state index in [9.17, 15) is 0 Å². The van der Waals surface area contributed by atoms with Gasteiger partial charge in [0, 0.05) is 35.0 Å². The summed E-state index contributed by atoms with van der Waals surface area (Å²) < 4.78 is 13.7. The summed E-state index contributed by atoms with van der Waals surface area (Å²) in [6, 6.07) is 8.31. The Morgan fingerprint density at radius 2 is 1.88 bits per heavy atom. The van der Waals surface area contributed by atoms with Gasteiger partial charge in [0.1, 0.15) is 0 Å². The van der Waals surface area contributed by atoms with E-state index in [4.69, 9.17) is 9.47 Å². The van der Waals surface area contributed by atoms with Crippen LogP contribution in [0.2, 0.25) is 0 Å². The van der Waals surface area contributed by atoms with E-state index in [2.05, 4.69) is 62.8 Å². The van der Waals surface area contributed by atoms with Crippen LogP contribution < -0.4 is 0 Å². The van der Waals surface area contributed by atoms with Crippen LogP contribution in [0, 0.1) is 0 Å². The van der Waals surface area contributed by atoms with Crippen LogP contribution in [0.4, 0.5) is 0 Å². The number of rotatable bonds is 4. The van der Waals surface area contributed by atoms with Crippen LogP contribution in [0.5, 0.6) is 0 Å². The maximum atomic E-state index is 6.14. The number of hydrogen-bond acceptors (Lipinski definition) is 2. The molecule has 2 nitrogen and oxygen atoms in total. The lowest BCUT2D eigenvalue weighted by molar-refractivity contribution is -0.102. The van der Waals surface area contributed by atoms with Crippen molar-refractivity contribution < 1.29 is 9.47 Å².